The van der Waals surface area contributed by atoms with Gasteiger partial charge in [-0.1, -0.05) is 30.3 Å². The van der Waals surface area contributed by atoms with Crippen molar-refractivity contribution in [1.82, 2.24) is 0 Å². The van der Waals surface area contributed by atoms with Crippen LogP contribution in [0.25, 0.3) is 10.8 Å². The van der Waals surface area contributed by atoms with Gasteiger partial charge in [0.1, 0.15) is 11.5 Å². The number of carbonyl (C=O) groups is 2. The van der Waals surface area contributed by atoms with Crippen LogP contribution in [0.3, 0.4) is 0 Å². The van der Waals surface area contributed by atoms with Crippen molar-refractivity contribution in [3.63, 3.8) is 0 Å². The molecule has 0 aliphatic carbocycles. The fourth-order valence-corrected chi connectivity index (χ4v) is 2.93. The van der Waals surface area contributed by atoms with Gasteiger partial charge in [-0.3, -0.25) is 9.59 Å². The van der Waals surface area contributed by atoms with E-state index in [2.05, 4.69) is 5.32 Å². The summed E-state index contributed by atoms with van der Waals surface area (Å²) in [6.07, 6.45) is 0. The molecule has 5 nitrogen and oxygen atoms in total. The Morgan fingerprint density at radius 1 is 0.923 bits per heavy atom. The maximum atomic E-state index is 13.4. The molecule has 3 rings (SSSR count). The van der Waals surface area contributed by atoms with Gasteiger partial charge in [0.05, 0.1) is 25.5 Å². The number of hydrogen-bond acceptors (Lipinski definition) is 4. The van der Waals surface area contributed by atoms with Crippen molar-refractivity contribution in [2.24, 2.45) is 0 Å². The Labute approximate surface area is 151 Å². The van der Waals surface area contributed by atoms with Gasteiger partial charge < -0.3 is 14.8 Å². The molecule has 3 aromatic rings. The van der Waals surface area contributed by atoms with Gasteiger partial charge in [0, 0.05) is 18.6 Å². The van der Waals surface area contributed by atoms with E-state index in [0.29, 0.717) is 28.3 Å². The minimum Gasteiger partial charge on any atom is -0.497 e. The molecule has 1 amide bonds. The Bertz CT molecular complexity index is 994. The van der Waals surface area contributed by atoms with Gasteiger partial charge in [-0.05, 0) is 29.0 Å². The van der Waals surface area contributed by atoms with E-state index in [1.807, 2.05) is 30.3 Å². The largest absolute Gasteiger partial charge is 0.497 e. The van der Waals surface area contributed by atoms with Gasteiger partial charge in [0.25, 0.3) is 0 Å². The van der Waals surface area contributed by atoms with Crippen LogP contribution in [0.2, 0.25) is 0 Å². The van der Waals surface area contributed by atoms with Crippen molar-refractivity contribution in [1.29, 1.82) is 0 Å². The van der Waals surface area contributed by atoms with Crippen LogP contribution in [0, 0.1) is 0 Å². The van der Waals surface area contributed by atoms with E-state index >= 15 is 0 Å². The van der Waals surface area contributed by atoms with Crippen LogP contribution in [0.1, 0.15) is 22.8 Å². The molecule has 0 fully saturated rings. The number of rotatable bonds is 5. The first-order valence-electron chi connectivity index (χ1n) is 8.11. The average Bonchev–Trinajstić information content (AvgIpc) is 2.65. The van der Waals surface area contributed by atoms with Gasteiger partial charge in [-0.2, -0.15) is 0 Å². The van der Waals surface area contributed by atoms with Crippen LogP contribution >= 0.6 is 0 Å². The molecule has 0 unspecified atom stereocenters. The third kappa shape index (κ3) is 3.24. The molecule has 26 heavy (non-hydrogen) atoms. The average molecular weight is 349 g/mol. The van der Waals surface area contributed by atoms with Gasteiger partial charge in [-0.25, -0.2) is 0 Å². The number of methoxy groups -OCH3 is 2. The highest BCUT2D eigenvalue weighted by atomic mass is 16.5. The van der Waals surface area contributed by atoms with Crippen LogP contribution in [-0.2, 0) is 4.79 Å². The molecular weight excluding hydrogens is 330 g/mol. The van der Waals surface area contributed by atoms with Crippen LogP contribution in [-0.4, -0.2) is 25.9 Å². The van der Waals surface area contributed by atoms with Crippen molar-refractivity contribution in [3.05, 3.63) is 65.7 Å². The summed E-state index contributed by atoms with van der Waals surface area (Å²) >= 11 is 0. The second-order valence-electron chi connectivity index (χ2n) is 5.79. The fourth-order valence-electron chi connectivity index (χ4n) is 2.93. The van der Waals surface area contributed by atoms with Crippen molar-refractivity contribution >= 4 is 28.2 Å². The summed E-state index contributed by atoms with van der Waals surface area (Å²) in [7, 11) is 3.06. The first-order valence-corrected chi connectivity index (χ1v) is 8.11. The Hall–Kier alpha value is -3.34. The van der Waals surface area contributed by atoms with E-state index in [9.17, 15) is 9.59 Å². The summed E-state index contributed by atoms with van der Waals surface area (Å²) in [5.41, 5.74) is 1.23. The minimum absolute atomic E-state index is 0.231. The molecule has 5 heteroatoms. The number of ether oxygens (including phenoxy) is 2. The highest BCUT2D eigenvalue weighted by Crippen LogP contribution is 2.33. The van der Waals surface area contributed by atoms with Crippen LogP contribution in [0.15, 0.2) is 54.6 Å². The molecule has 132 valence electrons. The van der Waals surface area contributed by atoms with Crippen molar-refractivity contribution in [3.8, 4) is 11.5 Å². The smallest absolute Gasteiger partial charge is 0.221 e. The Kier molecular flexibility index (Phi) is 4.89. The quantitative estimate of drug-likeness (QED) is 0.706. The molecule has 0 aliphatic heterocycles. The maximum absolute atomic E-state index is 13.4. The summed E-state index contributed by atoms with van der Waals surface area (Å²) in [6.45, 7) is 1.40. The Morgan fingerprint density at radius 2 is 1.69 bits per heavy atom. The van der Waals surface area contributed by atoms with Crippen LogP contribution in [0.4, 0.5) is 5.69 Å². The zero-order valence-corrected chi connectivity index (χ0v) is 14.8. The minimum atomic E-state index is -0.266. The lowest BCUT2D eigenvalue weighted by atomic mass is 9.95. The highest BCUT2D eigenvalue weighted by molar-refractivity contribution is 6.21. The first kappa shape index (κ1) is 17.5. The number of ketones is 1. The standard InChI is InChI=1S/C21H19NO4/c1-13(23)22-18-12-15(25-2)9-10-17(18)21(24)20-16-7-5-4-6-14(16)8-11-19(20)26-3/h4-12H,1-3H3,(H,22,23). The molecule has 0 bridgehead atoms. The SMILES string of the molecule is COc1ccc(C(=O)c2c(OC)ccc3ccccc23)c(NC(C)=O)c1. The number of amides is 1. The highest BCUT2D eigenvalue weighted by Gasteiger charge is 2.21. The van der Waals surface area contributed by atoms with Gasteiger partial charge in [-0.15, -0.1) is 0 Å². The van der Waals surface area contributed by atoms with Gasteiger partial charge >= 0.3 is 0 Å². The number of fused-ring (bicyclic) bond motifs is 1. The lowest BCUT2D eigenvalue weighted by molar-refractivity contribution is -0.114. The molecule has 0 saturated heterocycles. The second-order valence-corrected chi connectivity index (χ2v) is 5.79. The third-order valence-corrected chi connectivity index (χ3v) is 4.12. The molecule has 0 spiro atoms. The predicted molar refractivity (Wildman–Crippen MR) is 101 cm³/mol. The fraction of sp³-hybridized carbons (Fsp3) is 0.143. The van der Waals surface area contributed by atoms with E-state index < -0.39 is 0 Å². The molecule has 0 saturated carbocycles. The van der Waals surface area contributed by atoms with Crippen LogP contribution < -0.4 is 14.8 Å². The van der Waals surface area contributed by atoms with Crippen molar-refractivity contribution in [2.45, 2.75) is 6.92 Å². The Morgan fingerprint density at radius 3 is 2.38 bits per heavy atom. The summed E-state index contributed by atoms with van der Waals surface area (Å²) in [6, 6.07) is 16.3. The van der Waals surface area contributed by atoms with Crippen molar-refractivity contribution in [2.75, 3.05) is 19.5 Å². The lowest BCUT2D eigenvalue weighted by Gasteiger charge is -2.15. The summed E-state index contributed by atoms with van der Waals surface area (Å²) < 4.78 is 10.6. The summed E-state index contributed by atoms with van der Waals surface area (Å²) in [5.74, 6) is 0.538. The number of nitrogens with one attached hydrogen (secondary N) is 1. The number of anilines is 1. The zero-order chi connectivity index (χ0) is 18.7. The lowest BCUT2D eigenvalue weighted by Crippen LogP contribution is -2.13. The maximum Gasteiger partial charge on any atom is 0.221 e. The number of hydrogen-bond donors (Lipinski definition) is 1. The van der Waals surface area contributed by atoms with Crippen molar-refractivity contribution < 1.29 is 19.1 Å². The number of benzene rings is 3. The molecule has 0 heterocycles. The Balaban J connectivity index is 2.21. The summed E-state index contributed by atoms with van der Waals surface area (Å²) in [4.78, 5) is 24.9. The van der Waals surface area contributed by atoms with Gasteiger partial charge in [0.2, 0.25) is 5.91 Å². The monoisotopic (exact) mass is 349 g/mol. The summed E-state index contributed by atoms with van der Waals surface area (Å²) in [5, 5.41) is 4.43. The van der Waals surface area contributed by atoms with E-state index in [1.54, 1.807) is 24.3 Å². The molecular formula is C21H19NO4. The zero-order valence-electron chi connectivity index (χ0n) is 14.8. The van der Waals surface area contributed by atoms with E-state index in [0.717, 1.165) is 10.8 Å². The normalized spacial score (nSPS) is 10.4. The van der Waals surface area contributed by atoms with Gasteiger partial charge in [0.15, 0.2) is 5.78 Å². The molecule has 0 atom stereocenters. The van der Waals surface area contributed by atoms with E-state index in [1.165, 1.54) is 21.1 Å². The molecule has 0 radical (unpaired) electrons. The molecule has 3 aromatic carbocycles. The third-order valence-electron chi connectivity index (χ3n) is 4.12. The molecule has 0 aliphatic rings. The van der Waals surface area contributed by atoms with Crippen LogP contribution in [0.5, 0.6) is 11.5 Å². The second kappa shape index (κ2) is 7.27. The topological polar surface area (TPSA) is 64.6 Å². The van der Waals surface area contributed by atoms with E-state index in [-0.39, 0.29) is 11.7 Å². The molecule has 0 aromatic heterocycles. The van der Waals surface area contributed by atoms with E-state index in [4.69, 9.17) is 9.47 Å². The first-order chi connectivity index (χ1) is 12.5. The predicted octanol–water partition coefficient (Wildman–Crippen LogP) is 4.05. The molecule has 1 N–H and O–H groups in total. The number of carbonyl (C=O) groups excluding carboxylic acids is 2.